The highest BCUT2D eigenvalue weighted by atomic mass is 35.5. The van der Waals surface area contributed by atoms with Crippen LogP contribution in [0.2, 0.25) is 5.02 Å². The Balaban J connectivity index is 1.45. The van der Waals surface area contributed by atoms with Crippen molar-refractivity contribution in [2.75, 3.05) is 25.0 Å². The summed E-state index contributed by atoms with van der Waals surface area (Å²) in [6, 6.07) is 9.68. The molecule has 1 aliphatic rings. The molecule has 3 heterocycles. The van der Waals surface area contributed by atoms with Gasteiger partial charge in [0, 0.05) is 37.1 Å². The average molecular weight is 383 g/mol. The summed E-state index contributed by atoms with van der Waals surface area (Å²) in [6.45, 7) is 3.00. The van der Waals surface area contributed by atoms with E-state index in [9.17, 15) is 0 Å². The Hall–Kier alpha value is -2.61. The molecule has 2 aromatic heterocycles. The molecule has 8 heteroatoms. The van der Waals surface area contributed by atoms with E-state index in [1.165, 1.54) is 0 Å². The van der Waals surface area contributed by atoms with E-state index < -0.39 is 0 Å². The minimum Gasteiger partial charge on any atom is -0.369 e. The second-order valence-electron chi connectivity index (χ2n) is 6.21. The van der Waals surface area contributed by atoms with E-state index in [2.05, 4.69) is 36.2 Å². The van der Waals surface area contributed by atoms with Gasteiger partial charge < -0.3 is 10.1 Å². The van der Waals surface area contributed by atoms with Gasteiger partial charge in [-0.3, -0.25) is 9.88 Å². The third-order valence-corrected chi connectivity index (χ3v) is 4.66. The minimum atomic E-state index is -0.146. The van der Waals surface area contributed by atoms with E-state index in [4.69, 9.17) is 16.3 Å². The molecule has 1 aliphatic heterocycles. The number of hydrogen-bond donors (Lipinski definition) is 1. The van der Waals surface area contributed by atoms with E-state index in [-0.39, 0.29) is 6.10 Å². The van der Waals surface area contributed by atoms with Crippen LogP contribution >= 0.6 is 11.6 Å². The molecule has 1 unspecified atom stereocenters. The highest BCUT2D eigenvalue weighted by molar-refractivity contribution is 6.31. The number of nitrogens with one attached hydrogen (secondary N) is 1. The Labute approximate surface area is 162 Å². The Morgan fingerprint density at radius 2 is 2.00 bits per heavy atom. The summed E-state index contributed by atoms with van der Waals surface area (Å²) in [6.07, 6.45) is 6.57. The number of benzene rings is 1. The normalized spacial score (nSPS) is 17.6. The molecule has 0 aliphatic carbocycles. The van der Waals surface area contributed by atoms with Crippen molar-refractivity contribution in [2.24, 2.45) is 0 Å². The minimum absolute atomic E-state index is 0.146. The lowest BCUT2D eigenvalue weighted by Gasteiger charge is -2.32. The molecule has 0 bridgehead atoms. The van der Waals surface area contributed by atoms with Gasteiger partial charge in [-0.15, -0.1) is 0 Å². The van der Waals surface area contributed by atoms with Crippen molar-refractivity contribution in [3.8, 4) is 0 Å². The maximum atomic E-state index is 6.29. The van der Waals surface area contributed by atoms with Crippen LogP contribution in [0, 0.1) is 0 Å². The van der Waals surface area contributed by atoms with Gasteiger partial charge in [-0.2, -0.15) is 0 Å². The monoisotopic (exact) mass is 382 g/mol. The number of rotatable bonds is 5. The first-order valence-corrected chi connectivity index (χ1v) is 9.09. The fourth-order valence-corrected chi connectivity index (χ4v) is 3.16. The average Bonchev–Trinajstić information content (AvgIpc) is 2.71. The van der Waals surface area contributed by atoms with Gasteiger partial charge in [0.05, 0.1) is 24.7 Å². The number of aromatic nitrogens is 4. The second-order valence-corrected chi connectivity index (χ2v) is 6.62. The number of halogens is 1. The van der Waals surface area contributed by atoms with Gasteiger partial charge in [-0.05, 0) is 17.7 Å². The van der Waals surface area contributed by atoms with Gasteiger partial charge in [-0.25, -0.2) is 15.0 Å². The van der Waals surface area contributed by atoms with Crippen LogP contribution in [0.5, 0.6) is 0 Å². The zero-order chi connectivity index (χ0) is 18.5. The summed E-state index contributed by atoms with van der Waals surface area (Å²) in [4.78, 5) is 19.5. The van der Waals surface area contributed by atoms with Crippen molar-refractivity contribution in [2.45, 2.75) is 12.6 Å². The predicted molar refractivity (Wildman–Crippen MR) is 103 cm³/mol. The van der Waals surface area contributed by atoms with Gasteiger partial charge in [-0.1, -0.05) is 29.8 Å². The summed E-state index contributed by atoms with van der Waals surface area (Å²) >= 11 is 6.29. The van der Waals surface area contributed by atoms with Crippen LogP contribution in [0.15, 0.2) is 55.1 Å². The van der Waals surface area contributed by atoms with E-state index in [0.29, 0.717) is 18.4 Å². The summed E-state index contributed by atoms with van der Waals surface area (Å²) in [5.41, 5.74) is 1.89. The lowest BCUT2D eigenvalue weighted by molar-refractivity contribution is -0.0350. The van der Waals surface area contributed by atoms with Crippen molar-refractivity contribution in [3.63, 3.8) is 0 Å². The van der Waals surface area contributed by atoms with Gasteiger partial charge in [0.15, 0.2) is 5.82 Å². The zero-order valence-corrected chi connectivity index (χ0v) is 15.4. The molecular formula is C19H19ClN6O. The standard InChI is InChI=1S/C19H19ClN6O/c20-15-5-2-1-4-14(15)12-26-8-9-27-17(13-26)16-10-21-11-18(24-16)25-19-22-6-3-7-23-19/h1-7,10-11,17H,8-9,12-13H2,(H,22,23,24,25). The molecule has 27 heavy (non-hydrogen) atoms. The Morgan fingerprint density at radius 3 is 2.85 bits per heavy atom. The van der Waals surface area contributed by atoms with Gasteiger partial charge in [0.2, 0.25) is 5.95 Å². The molecule has 0 radical (unpaired) electrons. The molecule has 4 rings (SSSR count). The molecular weight excluding hydrogens is 364 g/mol. The number of morpholine rings is 1. The molecule has 1 atom stereocenters. The van der Waals surface area contributed by atoms with Gasteiger partial charge in [0.25, 0.3) is 0 Å². The third-order valence-electron chi connectivity index (χ3n) is 4.29. The highest BCUT2D eigenvalue weighted by Gasteiger charge is 2.24. The molecule has 0 amide bonds. The van der Waals surface area contributed by atoms with Crippen LogP contribution in [0.25, 0.3) is 0 Å². The van der Waals surface area contributed by atoms with Gasteiger partial charge >= 0.3 is 0 Å². The first-order chi connectivity index (χ1) is 13.3. The SMILES string of the molecule is Clc1ccccc1CN1CCOC(c2cncc(Nc3ncccn3)n2)C1. The second kappa shape index (κ2) is 8.39. The first kappa shape index (κ1) is 17.8. The summed E-state index contributed by atoms with van der Waals surface area (Å²) < 4.78 is 5.93. The number of ether oxygens (including phenoxy) is 1. The van der Waals surface area contributed by atoms with E-state index in [1.807, 2.05) is 18.2 Å². The molecule has 1 N–H and O–H groups in total. The predicted octanol–water partition coefficient (Wildman–Crippen LogP) is 3.24. The summed E-state index contributed by atoms with van der Waals surface area (Å²) in [5, 5.41) is 3.85. The van der Waals surface area contributed by atoms with Crippen molar-refractivity contribution in [1.29, 1.82) is 0 Å². The summed E-state index contributed by atoms with van der Waals surface area (Å²) in [7, 11) is 0. The quantitative estimate of drug-likeness (QED) is 0.725. The number of hydrogen-bond acceptors (Lipinski definition) is 7. The fourth-order valence-electron chi connectivity index (χ4n) is 2.97. The summed E-state index contributed by atoms with van der Waals surface area (Å²) in [5.74, 6) is 1.07. The molecule has 1 aromatic carbocycles. The topological polar surface area (TPSA) is 76.1 Å². The molecule has 3 aromatic rings. The first-order valence-electron chi connectivity index (χ1n) is 8.71. The smallest absolute Gasteiger partial charge is 0.228 e. The lowest BCUT2D eigenvalue weighted by Crippen LogP contribution is -2.38. The highest BCUT2D eigenvalue weighted by Crippen LogP contribution is 2.24. The van der Waals surface area contributed by atoms with Crippen LogP contribution in [0.1, 0.15) is 17.4 Å². The van der Waals surface area contributed by atoms with Gasteiger partial charge in [0.1, 0.15) is 6.10 Å². The largest absolute Gasteiger partial charge is 0.369 e. The zero-order valence-electron chi connectivity index (χ0n) is 14.6. The number of anilines is 2. The van der Waals surface area contributed by atoms with E-state index in [0.717, 1.165) is 35.9 Å². The maximum absolute atomic E-state index is 6.29. The molecule has 1 fully saturated rings. The van der Waals surface area contributed by atoms with Crippen LogP contribution < -0.4 is 5.32 Å². The maximum Gasteiger partial charge on any atom is 0.228 e. The Morgan fingerprint density at radius 1 is 1.15 bits per heavy atom. The van der Waals surface area contributed by atoms with Crippen LogP contribution in [0.4, 0.5) is 11.8 Å². The molecule has 138 valence electrons. The molecule has 0 saturated carbocycles. The Kier molecular flexibility index (Phi) is 5.53. The fraction of sp³-hybridized carbons (Fsp3) is 0.263. The van der Waals surface area contributed by atoms with Crippen molar-refractivity contribution in [3.05, 3.63) is 71.4 Å². The molecule has 1 saturated heterocycles. The van der Waals surface area contributed by atoms with Crippen molar-refractivity contribution >= 4 is 23.4 Å². The third kappa shape index (κ3) is 4.57. The van der Waals surface area contributed by atoms with Crippen LogP contribution in [-0.2, 0) is 11.3 Å². The van der Waals surface area contributed by atoms with Crippen LogP contribution in [-0.4, -0.2) is 44.5 Å². The van der Waals surface area contributed by atoms with E-state index >= 15 is 0 Å². The van der Waals surface area contributed by atoms with Crippen LogP contribution in [0.3, 0.4) is 0 Å². The van der Waals surface area contributed by atoms with E-state index in [1.54, 1.807) is 30.9 Å². The van der Waals surface area contributed by atoms with Crippen molar-refractivity contribution < 1.29 is 4.74 Å². The molecule has 7 nitrogen and oxygen atoms in total. The number of nitrogens with zero attached hydrogens (tertiary/aromatic N) is 5. The van der Waals surface area contributed by atoms with Crippen molar-refractivity contribution in [1.82, 2.24) is 24.8 Å². The molecule has 0 spiro atoms. The Bertz CT molecular complexity index is 894. The lowest BCUT2D eigenvalue weighted by atomic mass is 10.1.